The fourth-order valence-corrected chi connectivity index (χ4v) is 2.10. The minimum absolute atomic E-state index is 0.186. The molecule has 0 aliphatic heterocycles. The van der Waals surface area contributed by atoms with Gasteiger partial charge in [0, 0.05) is 5.56 Å². The van der Waals surface area contributed by atoms with Crippen LogP contribution in [0, 0.1) is 0 Å². The molecule has 0 bridgehead atoms. The number of H-pyrrole nitrogens is 1. The highest BCUT2D eigenvalue weighted by atomic mass is 16.4. The van der Waals surface area contributed by atoms with E-state index >= 15 is 0 Å². The number of rotatable bonds is 2. The van der Waals surface area contributed by atoms with E-state index in [1.54, 1.807) is 0 Å². The van der Waals surface area contributed by atoms with Crippen molar-refractivity contribution < 1.29 is 9.90 Å². The number of hydrogen-bond acceptors (Lipinski definition) is 2. The zero-order valence-electron chi connectivity index (χ0n) is 9.42. The number of aromatic nitrogens is 2. The Kier molecular flexibility index (Phi) is 2.34. The average Bonchev–Trinajstić information content (AvgIpc) is 2.87. The monoisotopic (exact) mass is 238 g/mol. The van der Waals surface area contributed by atoms with Gasteiger partial charge in [-0.25, -0.2) is 4.79 Å². The summed E-state index contributed by atoms with van der Waals surface area (Å²) in [6.07, 6.45) is 1.33. The van der Waals surface area contributed by atoms with E-state index in [0.717, 1.165) is 16.3 Å². The molecule has 0 radical (unpaired) electrons. The molecule has 4 nitrogen and oxygen atoms in total. The first kappa shape index (κ1) is 10.5. The topological polar surface area (TPSA) is 66.0 Å². The molecule has 0 fully saturated rings. The lowest BCUT2D eigenvalue weighted by Crippen LogP contribution is -1.97. The molecule has 0 saturated carbocycles. The van der Waals surface area contributed by atoms with E-state index in [1.165, 1.54) is 6.20 Å². The zero-order valence-corrected chi connectivity index (χ0v) is 9.42. The number of carboxylic acids is 1. The summed E-state index contributed by atoms with van der Waals surface area (Å²) in [5.41, 5.74) is 1.58. The number of carboxylic acid groups (broad SMARTS) is 1. The molecule has 0 unspecified atom stereocenters. The molecule has 0 atom stereocenters. The molecule has 88 valence electrons. The van der Waals surface area contributed by atoms with Crippen LogP contribution in [0.1, 0.15) is 10.4 Å². The molecule has 3 aromatic rings. The first-order valence-electron chi connectivity index (χ1n) is 5.52. The van der Waals surface area contributed by atoms with E-state index in [1.807, 2.05) is 42.5 Å². The Morgan fingerprint density at radius 3 is 2.72 bits per heavy atom. The molecule has 0 aliphatic carbocycles. The van der Waals surface area contributed by atoms with Gasteiger partial charge in [-0.2, -0.15) is 5.10 Å². The van der Waals surface area contributed by atoms with Crippen LogP contribution in [0.25, 0.3) is 22.0 Å². The number of carbonyl (C=O) groups is 1. The van der Waals surface area contributed by atoms with Crippen LogP contribution in [0.4, 0.5) is 0 Å². The van der Waals surface area contributed by atoms with Crippen molar-refractivity contribution >= 4 is 16.7 Å². The summed E-state index contributed by atoms with van der Waals surface area (Å²) in [5, 5.41) is 17.8. The normalized spacial score (nSPS) is 10.7. The third kappa shape index (κ3) is 1.55. The van der Waals surface area contributed by atoms with Crippen molar-refractivity contribution in [3.05, 3.63) is 54.2 Å². The highest BCUT2D eigenvalue weighted by molar-refractivity contribution is 6.02. The maximum atomic E-state index is 11.1. The van der Waals surface area contributed by atoms with Crippen molar-refractivity contribution in [3.8, 4) is 11.3 Å². The molecule has 0 amide bonds. The van der Waals surface area contributed by atoms with Gasteiger partial charge in [0.15, 0.2) is 0 Å². The Hall–Kier alpha value is -2.62. The second kappa shape index (κ2) is 4.00. The minimum atomic E-state index is -0.980. The number of nitrogens with one attached hydrogen (secondary N) is 1. The molecule has 3 rings (SSSR count). The number of nitrogens with zero attached hydrogens (tertiary/aromatic N) is 1. The lowest BCUT2D eigenvalue weighted by atomic mass is 10.0. The predicted molar refractivity (Wildman–Crippen MR) is 68.5 cm³/mol. The highest BCUT2D eigenvalue weighted by Gasteiger charge is 2.15. The minimum Gasteiger partial charge on any atom is -0.478 e. The Morgan fingerprint density at radius 1 is 1.11 bits per heavy atom. The molecule has 0 aliphatic rings. The summed E-state index contributed by atoms with van der Waals surface area (Å²) in [4.78, 5) is 11.1. The van der Waals surface area contributed by atoms with E-state index in [0.29, 0.717) is 5.69 Å². The van der Waals surface area contributed by atoms with E-state index in [2.05, 4.69) is 10.2 Å². The number of hydrogen-bond donors (Lipinski definition) is 2. The van der Waals surface area contributed by atoms with E-state index < -0.39 is 5.97 Å². The SMILES string of the molecule is O=C(O)c1cn[nH]c1-c1cccc2ccccc12. The molecule has 18 heavy (non-hydrogen) atoms. The first-order chi connectivity index (χ1) is 8.77. The van der Waals surface area contributed by atoms with Crippen molar-refractivity contribution in [2.75, 3.05) is 0 Å². The van der Waals surface area contributed by atoms with Crippen molar-refractivity contribution in [2.45, 2.75) is 0 Å². The van der Waals surface area contributed by atoms with Crippen LogP contribution in [0.15, 0.2) is 48.7 Å². The Labute approximate surface area is 103 Å². The van der Waals surface area contributed by atoms with Crippen LogP contribution in [0.5, 0.6) is 0 Å². The molecule has 0 saturated heterocycles. The Balaban J connectivity index is 2.32. The van der Waals surface area contributed by atoms with Crippen LogP contribution >= 0.6 is 0 Å². The van der Waals surface area contributed by atoms with Crippen molar-refractivity contribution in [1.29, 1.82) is 0 Å². The fourth-order valence-electron chi connectivity index (χ4n) is 2.10. The van der Waals surface area contributed by atoms with Crippen molar-refractivity contribution in [2.24, 2.45) is 0 Å². The maximum Gasteiger partial charge on any atom is 0.339 e. The number of aromatic carboxylic acids is 1. The van der Waals surface area contributed by atoms with Gasteiger partial charge in [-0.15, -0.1) is 0 Å². The third-order valence-corrected chi connectivity index (χ3v) is 2.93. The van der Waals surface area contributed by atoms with E-state index in [-0.39, 0.29) is 5.56 Å². The number of aromatic amines is 1. The standard InChI is InChI=1S/C14H10N2O2/c17-14(18)12-8-15-16-13(12)11-7-3-5-9-4-1-2-6-10(9)11/h1-8H,(H,15,16)(H,17,18). The van der Waals surface area contributed by atoms with Crippen LogP contribution in [-0.2, 0) is 0 Å². The second-order valence-electron chi connectivity index (χ2n) is 3.99. The summed E-state index contributed by atoms with van der Waals surface area (Å²) >= 11 is 0. The van der Waals surface area contributed by atoms with Gasteiger partial charge >= 0.3 is 5.97 Å². The second-order valence-corrected chi connectivity index (χ2v) is 3.99. The maximum absolute atomic E-state index is 11.1. The molecule has 2 N–H and O–H groups in total. The van der Waals surface area contributed by atoms with Gasteiger partial charge in [-0.3, -0.25) is 5.10 Å². The lowest BCUT2D eigenvalue weighted by molar-refractivity contribution is 0.0698. The highest BCUT2D eigenvalue weighted by Crippen LogP contribution is 2.29. The summed E-state index contributed by atoms with van der Waals surface area (Å²) < 4.78 is 0. The Bertz CT molecular complexity index is 726. The number of benzene rings is 2. The molecule has 1 heterocycles. The first-order valence-corrected chi connectivity index (χ1v) is 5.52. The van der Waals surface area contributed by atoms with Crippen LogP contribution in [0.2, 0.25) is 0 Å². The molecule has 0 spiro atoms. The van der Waals surface area contributed by atoms with Gasteiger partial charge < -0.3 is 5.11 Å². The summed E-state index contributed by atoms with van der Waals surface area (Å²) in [6.45, 7) is 0. The average molecular weight is 238 g/mol. The molecule has 2 aromatic carbocycles. The van der Waals surface area contributed by atoms with Crippen molar-refractivity contribution in [3.63, 3.8) is 0 Å². The van der Waals surface area contributed by atoms with Crippen LogP contribution in [0.3, 0.4) is 0 Å². The zero-order chi connectivity index (χ0) is 12.5. The fraction of sp³-hybridized carbons (Fsp3) is 0. The largest absolute Gasteiger partial charge is 0.478 e. The molecular weight excluding hydrogens is 228 g/mol. The molecule has 4 heteroatoms. The van der Waals surface area contributed by atoms with Crippen LogP contribution in [-0.4, -0.2) is 21.3 Å². The van der Waals surface area contributed by atoms with E-state index in [9.17, 15) is 4.79 Å². The van der Waals surface area contributed by atoms with Crippen LogP contribution < -0.4 is 0 Å². The van der Waals surface area contributed by atoms with E-state index in [4.69, 9.17) is 5.11 Å². The predicted octanol–water partition coefficient (Wildman–Crippen LogP) is 2.93. The molecular formula is C14H10N2O2. The quantitative estimate of drug-likeness (QED) is 0.721. The number of fused-ring (bicyclic) bond motifs is 1. The third-order valence-electron chi connectivity index (χ3n) is 2.93. The van der Waals surface area contributed by atoms with Gasteiger partial charge in [0.1, 0.15) is 5.56 Å². The van der Waals surface area contributed by atoms with Gasteiger partial charge in [0.05, 0.1) is 11.9 Å². The van der Waals surface area contributed by atoms with Gasteiger partial charge in [-0.1, -0.05) is 42.5 Å². The lowest BCUT2D eigenvalue weighted by Gasteiger charge is -2.05. The van der Waals surface area contributed by atoms with Gasteiger partial charge in [0.25, 0.3) is 0 Å². The smallest absolute Gasteiger partial charge is 0.339 e. The molecule has 1 aromatic heterocycles. The van der Waals surface area contributed by atoms with Crippen molar-refractivity contribution in [1.82, 2.24) is 10.2 Å². The van der Waals surface area contributed by atoms with Gasteiger partial charge in [-0.05, 0) is 10.8 Å². The summed E-state index contributed by atoms with van der Waals surface area (Å²) in [6, 6.07) is 13.6. The summed E-state index contributed by atoms with van der Waals surface area (Å²) in [5.74, 6) is -0.980. The Morgan fingerprint density at radius 2 is 1.89 bits per heavy atom. The van der Waals surface area contributed by atoms with Gasteiger partial charge in [0.2, 0.25) is 0 Å². The summed E-state index contributed by atoms with van der Waals surface area (Å²) in [7, 11) is 0.